The smallest absolute Gasteiger partial charge is 0.295 e. The Labute approximate surface area is 202 Å². The molecule has 1 aliphatic rings. The van der Waals surface area contributed by atoms with Crippen molar-refractivity contribution in [2.45, 2.75) is 46.1 Å². The molecule has 0 saturated carbocycles. The van der Waals surface area contributed by atoms with Crippen LogP contribution in [0.3, 0.4) is 0 Å². The molecule has 1 unspecified atom stereocenters. The van der Waals surface area contributed by atoms with Crippen LogP contribution >= 0.6 is 0 Å². The summed E-state index contributed by atoms with van der Waals surface area (Å²) in [5.41, 5.74) is 4.19. The van der Waals surface area contributed by atoms with Crippen molar-refractivity contribution in [1.82, 2.24) is 9.80 Å². The van der Waals surface area contributed by atoms with Crippen molar-refractivity contribution in [2.24, 2.45) is 0 Å². The van der Waals surface area contributed by atoms with Gasteiger partial charge in [-0.05, 0) is 67.7 Å². The molecule has 1 saturated heterocycles. The number of aryl methyl sites for hydroxylation is 2. The molecule has 1 atom stereocenters. The molecule has 0 aliphatic carbocycles. The van der Waals surface area contributed by atoms with Gasteiger partial charge in [0, 0.05) is 18.7 Å². The van der Waals surface area contributed by atoms with E-state index in [1.807, 2.05) is 63.2 Å². The van der Waals surface area contributed by atoms with E-state index < -0.39 is 17.7 Å². The van der Waals surface area contributed by atoms with Crippen molar-refractivity contribution >= 4 is 17.4 Å². The first-order chi connectivity index (χ1) is 15.9. The Bertz CT molecular complexity index is 1120. The van der Waals surface area contributed by atoms with Crippen molar-refractivity contribution in [3.8, 4) is 5.75 Å². The monoisotopic (exact) mass is 464 g/mol. The number of likely N-dealkylation sites (N-methyl/N-ethyl adjacent to an activating group) is 1. The molecule has 1 heterocycles. The number of ketones is 1. The number of methoxy groups -OCH3 is 1. The first-order valence-electron chi connectivity index (χ1n) is 11.6. The van der Waals surface area contributed by atoms with Gasteiger partial charge in [0.15, 0.2) is 0 Å². The molecule has 0 bridgehead atoms. The highest BCUT2D eigenvalue weighted by molar-refractivity contribution is 6.46. The molecule has 0 spiro atoms. The summed E-state index contributed by atoms with van der Waals surface area (Å²) in [5.74, 6) is -0.695. The number of carbonyl (C=O) groups is 2. The predicted octanol–water partition coefficient (Wildman–Crippen LogP) is 4.59. The summed E-state index contributed by atoms with van der Waals surface area (Å²) in [7, 11) is 5.44. The van der Waals surface area contributed by atoms with Crippen molar-refractivity contribution in [2.75, 3.05) is 34.3 Å². The molecule has 34 heavy (non-hydrogen) atoms. The minimum atomic E-state index is -0.658. The molecule has 1 amide bonds. The van der Waals surface area contributed by atoms with E-state index in [9.17, 15) is 14.7 Å². The standard InChI is InChI=1S/C28H36N2O4/c1-17-16-22(34-8)18(2)15-21(17)25(31)23-24(19-9-11-20(12-10-19)28(3,4)5)30(14-13-29(6)7)27(33)26(23)32/h9-12,15-16,24,31H,13-14H2,1-8H3/b25-23+. The van der Waals surface area contributed by atoms with Gasteiger partial charge in [-0.1, -0.05) is 45.0 Å². The highest BCUT2D eigenvalue weighted by atomic mass is 16.5. The molecule has 1 aliphatic heterocycles. The third-order valence-corrected chi connectivity index (χ3v) is 6.42. The van der Waals surface area contributed by atoms with Crippen LogP contribution in [-0.2, 0) is 15.0 Å². The Balaban J connectivity index is 2.20. The van der Waals surface area contributed by atoms with E-state index in [1.165, 1.54) is 0 Å². The first-order valence-corrected chi connectivity index (χ1v) is 11.6. The molecule has 182 valence electrons. The fourth-order valence-electron chi connectivity index (χ4n) is 4.34. The Morgan fingerprint density at radius 3 is 2.21 bits per heavy atom. The molecule has 2 aromatic carbocycles. The van der Waals surface area contributed by atoms with Crippen LogP contribution in [0.2, 0.25) is 0 Å². The topological polar surface area (TPSA) is 70.1 Å². The van der Waals surface area contributed by atoms with Gasteiger partial charge in [0.2, 0.25) is 0 Å². The van der Waals surface area contributed by atoms with Gasteiger partial charge in [-0.25, -0.2) is 0 Å². The quantitative estimate of drug-likeness (QED) is 0.385. The van der Waals surface area contributed by atoms with E-state index >= 15 is 0 Å². The maximum atomic E-state index is 13.3. The van der Waals surface area contributed by atoms with Gasteiger partial charge in [0.05, 0.1) is 18.7 Å². The van der Waals surface area contributed by atoms with E-state index in [-0.39, 0.29) is 16.7 Å². The number of hydrogen-bond acceptors (Lipinski definition) is 5. The van der Waals surface area contributed by atoms with Crippen LogP contribution in [0.15, 0.2) is 42.0 Å². The lowest BCUT2D eigenvalue weighted by Gasteiger charge is -2.27. The number of nitrogens with zero attached hydrogens (tertiary/aromatic N) is 2. The molecule has 1 fully saturated rings. The summed E-state index contributed by atoms with van der Waals surface area (Å²) < 4.78 is 5.39. The third-order valence-electron chi connectivity index (χ3n) is 6.42. The number of benzene rings is 2. The van der Waals surface area contributed by atoms with E-state index in [1.54, 1.807) is 18.1 Å². The summed E-state index contributed by atoms with van der Waals surface area (Å²) in [4.78, 5) is 29.9. The minimum absolute atomic E-state index is 0.0248. The lowest BCUT2D eigenvalue weighted by Crippen LogP contribution is -2.35. The second-order valence-corrected chi connectivity index (χ2v) is 10.3. The number of aliphatic hydroxyl groups excluding tert-OH is 1. The van der Waals surface area contributed by atoms with Crippen molar-refractivity contribution in [1.29, 1.82) is 0 Å². The normalized spacial score (nSPS) is 18.1. The van der Waals surface area contributed by atoms with Crippen LogP contribution in [-0.4, -0.2) is 60.9 Å². The number of aliphatic hydroxyl groups is 1. The van der Waals surface area contributed by atoms with Crippen LogP contribution in [0.25, 0.3) is 5.76 Å². The number of likely N-dealkylation sites (tertiary alicyclic amines) is 1. The lowest BCUT2D eigenvalue weighted by molar-refractivity contribution is -0.140. The Morgan fingerprint density at radius 2 is 1.68 bits per heavy atom. The lowest BCUT2D eigenvalue weighted by atomic mass is 9.85. The van der Waals surface area contributed by atoms with Gasteiger partial charge in [-0.2, -0.15) is 0 Å². The van der Waals surface area contributed by atoms with Crippen LogP contribution in [0.1, 0.15) is 54.6 Å². The average molecular weight is 465 g/mol. The molecule has 2 aromatic rings. The predicted molar refractivity (Wildman–Crippen MR) is 135 cm³/mol. The van der Waals surface area contributed by atoms with Crippen LogP contribution in [0, 0.1) is 13.8 Å². The van der Waals surface area contributed by atoms with E-state index in [0.29, 0.717) is 24.4 Å². The molecular weight excluding hydrogens is 428 g/mol. The fraction of sp³-hybridized carbons (Fsp3) is 0.429. The largest absolute Gasteiger partial charge is 0.507 e. The fourth-order valence-corrected chi connectivity index (χ4v) is 4.34. The summed E-state index contributed by atoms with van der Waals surface area (Å²) >= 11 is 0. The molecule has 6 nitrogen and oxygen atoms in total. The molecular formula is C28H36N2O4. The Morgan fingerprint density at radius 1 is 1.06 bits per heavy atom. The molecule has 6 heteroatoms. The average Bonchev–Trinajstić information content (AvgIpc) is 3.02. The second kappa shape index (κ2) is 9.63. The van der Waals surface area contributed by atoms with Crippen LogP contribution < -0.4 is 4.74 Å². The van der Waals surface area contributed by atoms with E-state index in [2.05, 4.69) is 20.8 Å². The van der Waals surface area contributed by atoms with Crippen molar-refractivity contribution < 1.29 is 19.4 Å². The van der Waals surface area contributed by atoms with Gasteiger partial charge in [-0.15, -0.1) is 0 Å². The van der Waals surface area contributed by atoms with Crippen molar-refractivity contribution in [3.63, 3.8) is 0 Å². The highest BCUT2D eigenvalue weighted by Gasteiger charge is 2.46. The SMILES string of the molecule is COc1cc(C)c(/C(O)=C2\C(=O)C(=O)N(CCN(C)C)C2c2ccc(C(C)(C)C)cc2)cc1C. The summed E-state index contributed by atoms with van der Waals surface area (Å²) in [6, 6.07) is 11.0. The maximum Gasteiger partial charge on any atom is 0.295 e. The number of amides is 1. The van der Waals surface area contributed by atoms with Gasteiger partial charge in [0.1, 0.15) is 11.5 Å². The molecule has 0 radical (unpaired) electrons. The van der Waals surface area contributed by atoms with Gasteiger partial charge >= 0.3 is 0 Å². The number of ether oxygens (including phenoxy) is 1. The van der Waals surface area contributed by atoms with E-state index in [4.69, 9.17) is 4.74 Å². The van der Waals surface area contributed by atoms with Gasteiger partial charge in [-0.3, -0.25) is 9.59 Å². The second-order valence-electron chi connectivity index (χ2n) is 10.3. The van der Waals surface area contributed by atoms with E-state index in [0.717, 1.165) is 22.3 Å². The number of Topliss-reactive ketones (excluding diaryl/α,β-unsaturated/α-hetero) is 1. The van der Waals surface area contributed by atoms with Crippen molar-refractivity contribution in [3.05, 3.63) is 69.8 Å². The zero-order chi connectivity index (χ0) is 25.4. The zero-order valence-electron chi connectivity index (χ0n) is 21.5. The number of carbonyl (C=O) groups excluding carboxylic acids is 2. The first kappa shape index (κ1) is 25.5. The summed E-state index contributed by atoms with van der Waals surface area (Å²) in [6.07, 6.45) is 0. The number of hydrogen-bond donors (Lipinski definition) is 1. The summed E-state index contributed by atoms with van der Waals surface area (Å²) in [6.45, 7) is 11.1. The minimum Gasteiger partial charge on any atom is -0.507 e. The molecule has 1 N–H and O–H groups in total. The molecule has 0 aromatic heterocycles. The van der Waals surface area contributed by atoms with Gasteiger partial charge in [0.25, 0.3) is 11.7 Å². The van der Waals surface area contributed by atoms with Crippen LogP contribution in [0.5, 0.6) is 5.75 Å². The zero-order valence-corrected chi connectivity index (χ0v) is 21.5. The maximum absolute atomic E-state index is 13.3. The highest BCUT2D eigenvalue weighted by Crippen LogP contribution is 2.41. The molecule has 3 rings (SSSR count). The van der Waals surface area contributed by atoms with Crippen LogP contribution in [0.4, 0.5) is 0 Å². The Hall–Kier alpha value is -3.12. The number of rotatable bonds is 6. The Kier molecular flexibility index (Phi) is 7.22. The summed E-state index contributed by atoms with van der Waals surface area (Å²) in [5, 5.41) is 11.4. The third kappa shape index (κ3) is 4.87. The van der Waals surface area contributed by atoms with Gasteiger partial charge < -0.3 is 19.6 Å².